The maximum atomic E-state index is 13.3. The molecule has 0 heterocycles. The number of ether oxygens (including phenoxy) is 1. The summed E-state index contributed by atoms with van der Waals surface area (Å²) in [4.78, 5) is 12.1. The van der Waals surface area contributed by atoms with Crippen LogP contribution in [0.5, 0.6) is 5.75 Å². The zero-order valence-corrected chi connectivity index (χ0v) is 9.57. The van der Waals surface area contributed by atoms with E-state index >= 15 is 0 Å². The highest BCUT2D eigenvalue weighted by molar-refractivity contribution is 5.51. The van der Waals surface area contributed by atoms with Gasteiger partial charge in [0.25, 0.3) is 0 Å². The summed E-state index contributed by atoms with van der Waals surface area (Å²) in [6, 6.07) is 4.91. The van der Waals surface area contributed by atoms with Crippen molar-refractivity contribution in [1.29, 1.82) is 0 Å². The van der Waals surface area contributed by atoms with Gasteiger partial charge in [-0.15, -0.1) is 0 Å². The van der Waals surface area contributed by atoms with Crippen molar-refractivity contribution >= 4 is 6.29 Å². The first-order chi connectivity index (χ1) is 7.67. The highest BCUT2D eigenvalue weighted by Gasteiger charge is 2.04. The number of carbonyl (C=O) groups is 1. The minimum Gasteiger partial charge on any atom is -0.494 e. The molecule has 0 spiro atoms. The molecule has 0 aromatic heterocycles. The standard InChI is InChI=1S/C12H16FNO2/c1-14(7-8-15)6-5-10-3-4-12(16-2)11(13)9-10/h3-4,8-9H,5-7H2,1-2H3. The van der Waals surface area contributed by atoms with Gasteiger partial charge in [-0.1, -0.05) is 6.07 Å². The van der Waals surface area contributed by atoms with Gasteiger partial charge in [0.1, 0.15) is 6.29 Å². The summed E-state index contributed by atoms with van der Waals surface area (Å²) in [5.74, 6) is -0.0944. The van der Waals surface area contributed by atoms with E-state index < -0.39 is 0 Å². The van der Waals surface area contributed by atoms with Crippen LogP contribution in [-0.4, -0.2) is 38.4 Å². The highest BCUT2D eigenvalue weighted by Crippen LogP contribution is 2.17. The fraction of sp³-hybridized carbons (Fsp3) is 0.417. The maximum Gasteiger partial charge on any atom is 0.165 e. The number of benzene rings is 1. The van der Waals surface area contributed by atoms with Crippen molar-refractivity contribution in [1.82, 2.24) is 4.90 Å². The van der Waals surface area contributed by atoms with Crippen LogP contribution in [0.4, 0.5) is 4.39 Å². The van der Waals surface area contributed by atoms with Crippen LogP contribution in [0, 0.1) is 5.82 Å². The second-order valence-corrected chi connectivity index (χ2v) is 3.65. The van der Waals surface area contributed by atoms with Crippen molar-refractivity contribution in [3.05, 3.63) is 29.6 Å². The SMILES string of the molecule is COc1ccc(CCN(C)CC=O)cc1F. The Morgan fingerprint density at radius 3 is 2.81 bits per heavy atom. The Balaban J connectivity index is 2.54. The average Bonchev–Trinajstić information content (AvgIpc) is 2.27. The highest BCUT2D eigenvalue weighted by atomic mass is 19.1. The third-order valence-corrected chi connectivity index (χ3v) is 2.38. The van der Waals surface area contributed by atoms with Gasteiger partial charge in [0, 0.05) is 6.54 Å². The first-order valence-electron chi connectivity index (χ1n) is 5.12. The number of hydrogen-bond donors (Lipinski definition) is 0. The van der Waals surface area contributed by atoms with Crippen molar-refractivity contribution in [2.45, 2.75) is 6.42 Å². The van der Waals surface area contributed by atoms with Gasteiger partial charge < -0.3 is 9.53 Å². The van der Waals surface area contributed by atoms with Gasteiger partial charge in [0.05, 0.1) is 13.7 Å². The Morgan fingerprint density at radius 1 is 1.50 bits per heavy atom. The van der Waals surface area contributed by atoms with Crippen LogP contribution in [-0.2, 0) is 11.2 Å². The molecule has 0 amide bonds. The van der Waals surface area contributed by atoms with Gasteiger partial charge in [0.15, 0.2) is 11.6 Å². The molecule has 0 radical (unpaired) electrons. The monoisotopic (exact) mass is 225 g/mol. The minimum absolute atomic E-state index is 0.255. The lowest BCUT2D eigenvalue weighted by Crippen LogP contribution is -2.23. The van der Waals surface area contributed by atoms with E-state index in [2.05, 4.69) is 0 Å². The number of hydrogen-bond acceptors (Lipinski definition) is 3. The van der Waals surface area contributed by atoms with Crippen LogP contribution in [0.1, 0.15) is 5.56 Å². The molecule has 16 heavy (non-hydrogen) atoms. The van der Waals surface area contributed by atoms with Crippen molar-refractivity contribution in [3.8, 4) is 5.75 Å². The summed E-state index contributed by atoms with van der Waals surface area (Å²) in [5.41, 5.74) is 0.899. The van der Waals surface area contributed by atoms with Gasteiger partial charge in [-0.05, 0) is 31.2 Å². The molecule has 0 aliphatic heterocycles. The molecule has 0 bridgehead atoms. The lowest BCUT2D eigenvalue weighted by molar-refractivity contribution is -0.108. The van der Waals surface area contributed by atoms with Gasteiger partial charge >= 0.3 is 0 Å². The molecule has 1 aromatic rings. The number of likely N-dealkylation sites (N-methyl/N-ethyl adjacent to an activating group) is 1. The molecule has 0 aliphatic rings. The summed E-state index contributed by atoms with van der Waals surface area (Å²) in [6.45, 7) is 1.13. The Morgan fingerprint density at radius 2 is 2.25 bits per heavy atom. The van der Waals surface area contributed by atoms with E-state index in [-0.39, 0.29) is 11.6 Å². The smallest absolute Gasteiger partial charge is 0.165 e. The van der Waals surface area contributed by atoms with Crippen LogP contribution in [0.25, 0.3) is 0 Å². The van der Waals surface area contributed by atoms with E-state index in [0.29, 0.717) is 13.0 Å². The van der Waals surface area contributed by atoms with Crippen LogP contribution in [0.15, 0.2) is 18.2 Å². The van der Waals surface area contributed by atoms with Crippen molar-refractivity contribution in [2.75, 3.05) is 27.2 Å². The number of nitrogens with zero attached hydrogens (tertiary/aromatic N) is 1. The molecule has 1 aromatic carbocycles. The largest absolute Gasteiger partial charge is 0.494 e. The fourth-order valence-corrected chi connectivity index (χ4v) is 1.40. The number of methoxy groups -OCH3 is 1. The van der Waals surface area contributed by atoms with Gasteiger partial charge in [-0.2, -0.15) is 0 Å². The Kier molecular flexibility index (Phi) is 4.92. The second-order valence-electron chi connectivity index (χ2n) is 3.65. The van der Waals surface area contributed by atoms with Crippen molar-refractivity contribution in [3.63, 3.8) is 0 Å². The van der Waals surface area contributed by atoms with E-state index in [1.807, 2.05) is 18.0 Å². The second kappa shape index (κ2) is 6.23. The predicted octanol–water partition coefficient (Wildman–Crippen LogP) is 1.51. The molecule has 0 saturated carbocycles. The first kappa shape index (κ1) is 12.6. The Labute approximate surface area is 94.8 Å². The quantitative estimate of drug-likeness (QED) is 0.687. The molecule has 88 valence electrons. The first-order valence-corrected chi connectivity index (χ1v) is 5.12. The molecular weight excluding hydrogens is 209 g/mol. The summed E-state index contributed by atoms with van der Waals surface area (Å²) in [6.07, 6.45) is 1.57. The summed E-state index contributed by atoms with van der Waals surface area (Å²) >= 11 is 0. The molecule has 0 aliphatic carbocycles. The third-order valence-electron chi connectivity index (χ3n) is 2.38. The molecule has 0 fully saturated rings. The number of rotatable bonds is 6. The van der Waals surface area contributed by atoms with Gasteiger partial charge in [-0.3, -0.25) is 4.90 Å². The third kappa shape index (κ3) is 3.62. The summed E-state index contributed by atoms with van der Waals surface area (Å²) in [7, 11) is 3.30. The van der Waals surface area contributed by atoms with Crippen LogP contribution < -0.4 is 4.74 Å². The van der Waals surface area contributed by atoms with E-state index in [0.717, 1.165) is 18.4 Å². The number of halogens is 1. The molecule has 1 rings (SSSR count). The minimum atomic E-state index is -0.349. The van der Waals surface area contributed by atoms with Crippen LogP contribution >= 0.6 is 0 Å². The van der Waals surface area contributed by atoms with E-state index in [9.17, 15) is 9.18 Å². The van der Waals surface area contributed by atoms with Gasteiger partial charge in [0.2, 0.25) is 0 Å². The molecule has 0 atom stereocenters. The predicted molar refractivity (Wildman–Crippen MR) is 60.2 cm³/mol. The zero-order chi connectivity index (χ0) is 12.0. The van der Waals surface area contributed by atoms with E-state index in [4.69, 9.17) is 4.74 Å². The summed E-state index contributed by atoms with van der Waals surface area (Å²) in [5, 5.41) is 0. The number of aldehydes is 1. The van der Waals surface area contributed by atoms with Crippen LogP contribution in [0.3, 0.4) is 0 Å². The summed E-state index contributed by atoms with van der Waals surface area (Å²) < 4.78 is 18.2. The Bertz CT molecular complexity index is 355. The molecule has 0 saturated heterocycles. The lowest BCUT2D eigenvalue weighted by atomic mass is 10.1. The molecular formula is C12H16FNO2. The van der Waals surface area contributed by atoms with Crippen molar-refractivity contribution < 1.29 is 13.9 Å². The van der Waals surface area contributed by atoms with E-state index in [1.165, 1.54) is 13.2 Å². The average molecular weight is 225 g/mol. The topological polar surface area (TPSA) is 29.5 Å². The maximum absolute atomic E-state index is 13.3. The zero-order valence-electron chi connectivity index (χ0n) is 9.57. The molecule has 0 N–H and O–H groups in total. The molecule has 0 unspecified atom stereocenters. The number of carbonyl (C=O) groups excluding carboxylic acids is 1. The Hall–Kier alpha value is -1.42. The normalized spacial score (nSPS) is 10.5. The van der Waals surface area contributed by atoms with E-state index in [1.54, 1.807) is 6.07 Å². The lowest BCUT2D eigenvalue weighted by Gasteiger charge is -2.13. The van der Waals surface area contributed by atoms with Gasteiger partial charge in [-0.25, -0.2) is 4.39 Å². The fourth-order valence-electron chi connectivity index (χ4n) is 1.40. The molecule has 3 nitrogen and oxygen atoms in total. The molecule has 4 heteroatoms. The van der Waals surface area contributed by atoms with Crippen molar-refractivity contribution in [2.24, 2.45) is 0 Å². The van der Waals surface area contributed by atoms with Crippen LogP contribution in [0.2, 0.25) is 0 Å².